The van der Waals surface area contributed by atoms with Crippen LogP contribution in [0.3, 0.4) is 0 Å². The number of rotatable bonds is 7. The zero-order valence-electron chi connectivity index (χ0n) is 18.2. The number of fused-ring (bicyclic) bond motifs is 1. The third-order valence-corrected chi connectivity index (χ3v) is 4.95. The van der Waals surface area contributed by atoms with E-state index in [4.69, 9.17) is 19.3 Å². The summed E-state index contributed by atoms with van der Waals surface area (Å²) >= 11 is 0. The Labute approximate surface area is 189 Å². The van der Waals surface area contributed by atoms with Crippen molar-refractivity contribution in [3.05, 3.63) is 59.6 Å². The van der Waals surface area contributed by atoms with Gasteiger partial charge in [-0.15, -0.1) is 0 Å². The van der Waals surface area contributed by atoms with Crippen molar-refractivity contribution >= 4 is 40.4 Å². The molecule has 1 saturated heterocycles. The third kappa shape index (κ3) is 4.63. The number of nitrogens with zero attached hydrogens (tertiary/aromatic N) is 2. The zero-order valence-corrected chi connectivity index (χ0v) is 18.2. The van der Waals surface area contributed by atoms with Crippen molar-refractivity contribution in [3.8, 4) is 5.75 Å². The van der Waals surface area contributed by atoms with Gasteiger partial charge in [0.1, 0.15) is 23.7 Å². The van der Waals surface area contributed by atoms with Crippen molar-refractivity contribution in [1.82, 2.24) is 9.97 Å². The van der Waals surface area contributed by atoms with Gasteiger partial charge >= 0.3 is 5.97 Å². The number of ketones is 1. The minimum Gasteiger partial charge on any atom is -0.489 e. The molecular formula is C24H23N3O6. The first-order chi connectivity index (χ1) is 16.0. The molecule has 1 aliphatic heterocycles. The maximum absolute atomic E-state index is 13.1. The first-order valence-corrected chi connectivity index (χ1v) is 10.5. The first-order valence-electron chi connectivity index (χ1n) is 10.5. The molecule has 1 atom stereocenters. The number of hydrogen-bond acceptors (Lipinski definition) is 8. The highest BCUT2D eigenvalue weighted by molar-refractivity contribution is 6.27. The van der Waals surface area contributed by atoms with E-state index in [2.05, 4.69) is 15.0 Å². The van der Waals surface area contributed by atoms with Gasteiger partial charge in [-0.1, -0.05) is 6.07 Å². The second-order valence-electron chi connectivity index (χ2n) is 7.30. The van der Waals surface area contributed by atoms with Crippen LogP contribution in [0, 0.1) is 12.8 Å². The number of Topliss-reactive ketones (excluding diaryl/α,β-unsaturated/α-hetero) is 1. The number of aromatic amines is 1. The summed E-state index contributed by atoms with van der Waals surface area (Å²) in [5.41, 5.74) is 2.64. The number of aliphatic hydroxyl groups excluding tert-OH is 1. The van der Waals surface area contributed by atoms with E-state index in [0.717, 1.165) is 10.9 Å². The third-order valence-electron chi connectivity index (χ3n) is 4.95. The fraction of sp³-hybridized carbons (Fsp3) is 0.250. The number of aliphatic imine (C=N–C) groups is 1. The van der Waals surface area contributed by atoms with Crippen molar-refractivity contribution in [2.45, 2.75) is 13.8 Å². The lowest BCUT2D eigenvalue weighted by Gasteiger charge is -2.10. The lowest BCUT2D eigenvalue weighted by molar-refractivity contribution is -0.147. The Morgan fingerprint density at radius 1 is 1.36 bits per heavy atom. The van der Waals surface area contributed by atoms with Crippen molar-refractivity contribution in [2.75, 3.05) is 19.8 Å². The average molecular weight is 449 g/mol. The van der Waals surface area contributed by atoms with E-state index in [1.807, 2.05) is 19.1 Å². The van der Waals surface area contributed by atoms with Gasteiger partial charge in [0.25, 0.3) is 0 Å². The highest BCUT2D eigenvalue weighted by atomic mass is 16.5. The van der Waals surface area contributed by atoms with Crippen LogP contribution in [-0.4, -0.2) is 52.5 Å². The summed E-state index contributed by atoms with van der Waals surface area (Å²) in [6.07, 6.45) is 4.92. The Hall–Kier alpha value is -3.98. The molecular weight excluding hydrogens is 426 g/mol. The summed E-state index contributed by atoms with van der Waals surface area (Å²) in [6.45, 7) is 3.56. The minimum absolute atomic E-state index is 0.0264. The molecule has 1 unspecified atom stereocenters. The van der Waals surface area contributed by atoms with E-state index in [1.165, 1.54) is 0 Å². The molecule has 3 heterocycles. The van der Waals surface area contributed by atoms with E-state index in [9.17, 15) is 9.59 Å². The first kappa shape index (κ1) is 22.2. The molecule has 1 aliphatic rings. The summed E-state index contributed by atoms with van der Waals surface area (Å²) in [5, 5.41) is 9.91. The molecule has 0 saturated carbocycles. The van der Waals surface area contributed by atoms with Crippen LogP contribution in [0.1, 0.15) is 18.1 Å². The predicted molar refractivity (Wildman–Crippen MR) is 121 cm³/mol. The molecule has 0 amide bonds. The second kappa shape index (κ2) is 9.66. The molecule has 33 heavy (non-hydrogen) atoms. The number of aliphatic hydroxyl groups is 1. The van der Waals surface area contributed by atoms with Crippen LogP contribution >= 0.6 is 0 Å². The van der Waals surface area contributed by atoms with Gasteiger partial charge in [0.2, 0.25) is 11.7 Å². The van der Waals surface area contributed by atoms with Gasteiger partial charge in [-0.05, 0) is 49.8 Å². The second-order valence-corrected chi connectivity index (χ2v) is 7.30. The number of ether oxygens (including phenoxy) is 3. The summed E-state index contributed by atoms with van der Waals surface area (Å²) in [5.74, 6) is -2.34. The maximum Gasteiger partial charge on any atom is 0.326 e. The van der Waals surface area contributed by atoms with Crippen LogP contribution < -0.4 is 4.74 Å². The van der Waals surface area contributed by atoms with Gasteiger partial charge in [-0.25, -0.2) is 9.98 Å². The Kier molecular flexibility index (Phi) is 6.50. The number of hydrogen-bond donors (Lipinski definition) is 2. The van der Waals surface area contributed by atoms with Gasteiger partial charge in [0.15, 0.2) is 11.7 Å². The number of carbonyl (C=O) groups is 2. The van der Waals surface area contributed by atoms with Crippen LogP contribution in [0.5, 0.6) is 5.75 Å². The van der Waals surface area contributed by atoms with E-state index in [1.54, 1.807) is 43.6 Å². The predicted octanol–water partition coefficient (Wildman–Crippen LogP) is 3.09. The molecule has 1 aromatic carbocycles. The van der Waals surface area contributed by atoms with Crippen LogP contribution in [0.2, 0.25) is 0 Å². The number of nitrogens with one attached hydrogen (secondary N) is 1. The fourth-order valence-corrected chi connectivity index (χ4v) is 3.44. The molecule has 3 aromatic rings. The van der Waals surface area contributed by atoms with E-state index >= 15 is 0 Å². The maximum atomic E-state index is 13.1. The molecule has 170 valence electrons. The molecule has 9 nitrogen and oxygen atoms in total. The SMILES string of the molecule is CCOC(=O)C1C(=O)/C(=C/c2c[nH]c3ncccc23)OC1=Nc1ccc(C)cc1OCCO. The number of benzene rings is 1. The zero-order chi connectivity index (χ0) is 23.4. The highest BCUT2D eigenvalue weighted by Gasteiger charge is 2.45. The van der Waals surface area contributed by atoms with Crippen molar-refractivity contribution in [3.63, 3.8) is 0 Å². The number of esters is 1. The topological polar surface area (TPSA) is 123 Å². The van der Waals surface area contributed by atoms with Gasteiger partial charge in [0.05, 0.1) is 13.2 Å². The largest absolute Gasteiger partial charge is 0.489 e. The summed E-state index contributed by atoms with van der Waals surface area (Å²) in [6, 6.07) is 8.91. The van der Waals surface area contributed by atoms with Crippen molar-refractivity contribution in [1.29, 1.82) is 0 Å². The van der Waals surface area contributed by atoms with Crippen molar-refractivity contribution < 1.29 is 28.9 Å². The van der Waals surface area contributed by atoms with Gasteiger partial charge < -0.3 is 24.3 Å². The molecule has 2 aromatic heterocycles. The van der Waals surface area contributed by atoms with Gasteiger partial charge in [0, 0.05) is 23.3 Å². The number of H-pyrrole nitrogens is 1. The molecule has 1 fully saturated rings. The van der Waals surface area contributed by atoms with Crippen molar-refractivity contribution in [2.24, 2.45) is 10.9 Å². The quantitative estimate of drug-likeness (QED) is 0.323. The standard InChI is InChI=1S/C24H23N3O6/c1-3-31-24(30)20-21(29)19(12-15-13-26-22-16(15)5-4-8-25-22)33-23(20)27-17-7-6-14(2)11-18(17)32-10-9-28/h4-8,11-13,20,28H,3,9-10H2,1-2H3,(H,25,26)/b19-12-,27-23?. The monoisotopic (exact) mass is 449 g/mol. The van der Waals surface area contributed by atoms with E-state index in [0.29, 0.717) is 22.6 Å². The number of pyridine rings is 1. The molecule has 0 bridgehead atoms. The Balaban J connectivity index is 1.75. The number of aromatic nitrogens is 2. The summed E-state index contributed by atoms with van der Waals surface area (Å²) in [4.78, 5) is 37.4. The Morgan fingerprint density at radius 2 is 2.21 bits per heavy atom. The van der Waals surface area contributed by atoms with Crippen LogP contribution in [0.4, 0.5) is 5.69 Å². The molecule has 9 heteroatoms. The smallest absolute Gasteiger partial charge is 0.326 e. The van der Waals surface area contributed by atoms with Gasteiger partial charge in [-0.3, -0.25) is 9.59 Å². The lowest BCUT2D eigenvalue weighted by Crippen LogP contribution is -2.27. The van der Waals surface area contributed by atoms with E-state index in [-0.39, 0.29) is 31.5 Å². The molecule has 0 aliphatic carbocycles. The number of aryl methyl sites for hydroxylation is 1. The molecule has 2 N–H and O–H groups in total. The fourth-order valence-electron chi connectivity index (χ4n) is 3.44. The summed E-state index contributed by atoms with van der Waals surface area (Å²) < 4.78 is 16.5. The average Bonchev–Trinajstić information content (AvgIpc) is 3.35. The molecule has 0 spiro atoms. The lowest BCUT2D eigenvalue weighted by atomic mass is 10.0. The normalized spacial score (nSPS) is 18.2. The van der Waals surface area contributed by atoms with Gasteiger partial charge in [-0.2, -0.15) is 0 Å². The number of carbonyl (C=O) groups excluding carboxylic acids is 2. The number of allylic oxidation sites excluding steroid dienone is 1. The Morgan fingerprint density at radius 3 is 3.00 bits per heavy atom. The van der Waals surface area contributed by atoms with Crippen LogP contribution in [-0.2, 0) is 19.1 Å². The molecule has 4 rings (SSSR count). The molecule has 0 radical (unpaired) electrons. The van der Waals surface area contributed by atoms with Crippen LogP contribution in [0.25, 0.3) is 17.1 Å². The van der Waals surface area contributed by atoms with Crippen LogP contribution in [0.15, 0.2) is 53.5 Å². The minimum atomic E-state index is -1.33. The highest BCUT2D eigenvalue weighted by Crippen LogP contribution is 2.33. The summed E-state index contributed by atoms with van der Waals surface area (Å²) in [7, 11) is 0. The Bertz CT molecular complexity index is 1260. The van der Waals surface area contributed by atoms with E-state index < -0.39 is 17.7 Å².